The molecule has 0 radical (unpaired) electrons. The molecule has 0 saturated carbocycles. The lowest BCUT2D eigenvalue weighted by Gasteiger charge is -2.22. The molecule has 27 heavy (non-hydrogen) atoms. The van der Waals surface area contributed by atoms with Gasteiger partial charge in [0.05, 0.1) is 19.6 Å². The number of amides is 2. The summed E-state index contributed by atoms with van der Waals surface area (Å²) >= 11 is 0. The fourth-order valence-corrected chi connectivity index (χ4v) is 2.69. The van der Waals surface area contributed by atoms with Gasteiger partial charge in [-0.15, -0.1) is 0 Å². The van der Waals surface area contributed by atoms with Gasteiger partial charge in [0.15, 0.2) is 0 Å². The molecule has 0 saturated heterocycles. The van der Waals surface area contributed by atoms with E-state index in [0.29, 0.717) is 13.2 Å². The van der Waals surface area contributed by atoms with E-state index in [-0.39, 0.29) is 24.8 Å². The molecule has 0 unspecified atom stereocenters. The summed E-state index contributed by atoms with van der Waals surface area (Å²) in [6.07, 6.45) is 1.04. The molecular weight excluding hydrogens is 340 g/mol. The number of aryl methyl sites for hydroxylation is 2. The highest BCUT2D eigenvalue weighted by atomic mass is 16.5. The first-order valence-electron chi connectivity index (χ1n) is 9.32. The maximum Gasteiger partial charge on any atom is 0.244 e. The lowest BCUT2D eigenvalue weighted by atomic mass is 10.2. The van der Waals surface area contributed by atoms with E-state index in [0.717, 1.165) is 29.0 Å². The normalized spacial score (nSPS) is 10.3. The highest BCUT2D eigenvalue weighted by molar-refractivity contribution is 5.95. The molecular formula is C22H28N2O3. The Hall–Kier alpha value is -2.82. The second-order valence-corrected chi connectivity index (χ2v) is 6.59. The van der Waals surface area contributed by atoms with Crippen LogP contribution in [-0.4, -0.2) is 36.4 Å². The number of nitrogens with zero attached hydrogens (tertiary/aromatic N) is 1. The lowest BCUT2D eigenvalue weighted by Crippen LogP contribution is -2.39. The van der Waals surface area contributed by atoms with Gasteiger partial charge in [0.1, 0.15) is 5.75 Å². The molecule has 0 atom stereocenters. The first-order chi connectivity index (χ1) is 13.0. The van der Waals surface area contributed by atoms with Gasteiger partial charge in [0, 0.05) is 12.2 Å². The van der Waals surface area contributed by atoms with Gasteiger partial charge in [-0.1, -0.05) is 42.8 Å². The van der Waals surface area contributed by atoms with Crippen LogP contribution in [0.4, 0.5) is 5.69 Å². The molecule has 5 heteroatoms. The van der Waals surface area contributed by atoms with E-state index in [9.17, 15) is 9.59 Å². The standard InChI is InChI=1S/C22H28N2O3/c1-4-14-24(16-21(25)23-20-8-6-5-7-18(20)3)22(26)13-15-27-19-11-9-17(2)10-12-19/h5-12H,4,13-16H2,1-3H3,(H,23,25). The number of ether oxygens (including phenoxy) is 1. The minimum Gasteiger partial charge on any atom is -0.493 e. The van der Waals surface area contributed by atoms with Crippen LogP contribution in [0.5, 0.6) is 5.75 Å². The zero-order chi connectivity index (χ0) is 19.6. The Morgan fingerprint density at radius 1 is 1.04 bits per heavy atom. The summed E-state index contributed by atoms with van der Waals surface area (Å²) < 4.78 is 5.63. The van der Waals surface area contributed by atoms with Crippen molar-refractivity contribution in [3.05, 3.63) is 59.7 Å². The molecule has 5 nitrogen and oxygen atoms in total. The second kappa shape index (κ2) is 10.4. The third kappa shape index (κ3) is 6.77. The van der Waals surface area contributed by atoms with Crippen LogP contribution < -0.4 is 10.1 Å². The molecule has 1 N–H and O–H groups in total. The monoisotopic (exact) mass is 368 g/mol. The van der Waals surface area contributed by atoms with Crippen LogP contribution in [0.3, 0.4) is 0 Å². The van der Waals surface area contributed by atoms with Crippen LogP contribution >= 0.6 is 0 Å². The van der Waals surface area contributed by atoms with Crippen LogP contribution in [-0.2, 0) is 9.59 Å². The van der Waals surface area contributed by atoms with E-state index in [2.05, 4.69) is 5.32 Å². The van der Waals surface area contributed by atoms with Crippen LogP contribution in [0.2, 0.25) is 0 Å². The quantitative estimate of drug-likeness (QED) is 0.729. The minimum absolute atomic E-state index is 0.0472. The molecule has 0 aliphatic heterocycles. The zero-order valence-electron chi connectivity index (χ0n) is 16.3. The first-order valence-corrected chi connectivity index (χ1v) is 9.32. The molecule has 0 aliphatic rings. The predicted octanol–water partition coefficient (Wildman–Crippen LogP) is 3.95. The number of benzene rings is 2. The molecule has 2 aromatic rings. The smallest absolute Gasteiger partial charge is 0.244 e. The maximum atomic E-state index is 12.5. The Balaban J connectivity index is 1.85. The van der Waals surface area contributed by atoms with Gasteiger partial charge in [0.25, 0.3) is 0 Å². The molecule has 144 valence electrons. The number of para-hydroxylation sites is 1. The van der Waals surface area contributed by atoms with Crippen molar-refractivity contribution < 1.29 is 14.3 Å². The summed E-state index contributed by atoms with van der Waals surface area (Å²) in [5.41, 5.74) is 2.92. The van der Waals surface area contributed by atoms with Crippen molar-refractivity contribution in [1.29, 1.82) is 0 Å². The van der Waals surface area contributed by atoms with Crippen LogP contribution in [0.25, 0.3) is 0 Å². The van der Waals surface area contributed by atoms with E-state index in [1.165, 1.54) is 0 Å². The average Bonchev–Trinajstić information content (AvgIpc) is 2.65. The Morgan fingerprint density at radius 3 is 2.41 bits per heavy atom. The number of rotatable bonds is 9. The molecule has 2 amide bonds. The fourth-order valence-electron chi connectivity index (χ4n) is 2.69. The summed E-state index contributed by atoms with van der Waals surface area (Å²) in [4.78, 5) is 26.4. The van der Waals surface area contributed by atoms with Gasteiger partial charge in [-0.25, -0.2) is 0 Å². The van der Waals surface area contributed by atoms with Crippen LogP contribution in [0.1, 0.15) is 30.9 Å². The number of nitrogens with one attached hydrogen (secondary N) is 1. The summed E-state index contributed by atoms with van der Waals surface area (Å²) in [7, 11) is 0. The van der Waals surface area contributed by atoms with E-state index in [4.69, 9.17) is 4.74 Å². The Bertz CT molecular complexity index is 756. The number of carbonyl (C=O) groups excluding carboxylic acids is 2. The van der Waals surface area contributed by atoms with Crippen molar-refractivity contribution in [3.63, 3.8) is 0 Å². The molecule has 0 aliphatic carbocycles. The summed E-state index contributed by atoms with van der Waals surface area (Å²) in [5.74, 6) is 0.474. The van der Waals surface area contributed by atoms with Gasteiger partial charge in [-0.2, -0.15) is 0 Å². The molecule has 0 bridgehead atoms. The summed E-state index contributed by atoms with van der Waals surface area (Å²) in [6, 6.07) is 15.3. The van der Waals surface area contributed by atoms with E-state index >= 15 is 0 Å². The molecule has 0 fully saturated rings. The van der Waals surface area contributed by atoms with Crippen molar-refractivity contribution in [1.82, 2.24) is 4.90 Å². The Kier molecular flexibility index (Phi) is 7.86. The maximum absolute atomic E-state index is 12.5. The van der Waals surface area contributed by atoms with Crippen molar-refractivity contribution in [2.45, 2.75) is 33.6 Å². The fraction of sp³-hybridized carbons (Fsp3) is 0.364. The van der Waals surface area contributed by atoms with Crippen molar-refractivity contribution >= 4 is 17.5 Å². The predicted molar refractivity (Wildman–Crippen MR) is 108 cm³/mol. The van der Waals surface area contributed by atoms with Crippen LogP contribution in [0.15, 0.2) is 48.5 Å². The minimum atomic E-state index is -0.189. The largest absolute Gasteiger partial charge is 0.493 e. The zero-order valence-corrected chi connectivity index (χ0v) is 16.3. The lowest BCUT2D eigenvalue weighted by molar-refractivity contribution is -0.135. The summed E-state index contributed by atoms with van der Waals surface area (Å²) in [6.45, 7) is 6.82. The van der Waals surface area contributed by atoms with Gasteiger partial charge < -0.3 is 15.0 Å². The Labute approximate surface area is 161 Å². The highest BCUT2D eigenvalue weighted by Crippen LogP contribution is 2.14. The molecule has 2 rings (SSSR count). The van der Waals surface area contributed by atoms with E-state index in [1.807, 2.05) is 69.3 Å². The first kappa shape index (κ1) is 20.5. The summed E-state index contributed by atoms with van der Waals surface area (Å²) in [5, 5.41) is 2.88. The van der Waals surface area contributed by atoms with Crippen molar-refractivity contribution in [2.24, 2.45) is 0 Å². The van der Waals surface area contributed by atoms with Gasteiger partial charge in [-0.3, -0.25) is 9.59 Å². The average molecular weight is 368 g/mol. The molecule has 0 aromatic heterocycles. The van der Waals surface area contributed by atoms with Crippen LogP contribution in [0, 0.1) is 13.8 Å². The van der Waals surface area contributed by atoms with Gasteiger partial charge in [0.2, 0.25) is 11.8 Å². The van der Waals surface area contributed by atoms with Crippen molar-refractivity contribution in [3.8, 4) is 5.75 Å². The number of anilines is 1. The van der Waals surface area contributed by atoms with E-state index < -0.39 is 0 Å². The van der Waals surface area contributed by atoms with Gasteiger partial charge in [-0.05, 0) is 44.0 Å². The van der Waals surface area contributed by atoms with Gasteiger partial charge >= 0.3 is 0 Å². The number of carbonyl (C=O) groups is 2. The number of hydrogen-bond acceptors (Lipinski definition) is 3. The Morgan fingerprint density at radius 2 is 1.74 bits per heavy atom. The molecule has 2 aromatic carbocycles. The molecule has 0 heterocycles. The highest BCUT2D eigenvalue weighted by Gasteiger charge is 2.17. The second-order valence-electron chi connectivity index (χ2n) is 6.59. The molecule has 0 spiro atoms. The number of hydrogen-bond donors (Lipinski definition) is 1. The van der Waals surface area contributed by atoms with E-state index in [1.54, 1.807) is 4.90 Å². The SMILES string of the molecule is CCCN(CC(=O)Nc1ccccc1C)C(=O)CCOc1ccc(C)cc1. The third-order valence-electron chi connectivity index (χ3n) is 4.21. The topological polar surface area (TPSA) is 58.6 Å². The van der Waals surface area contributed by atoms with Crippen molar-refractivity contribution in [2.75, 3.05) is 25.0 Å². The third-order valence-corrected chi connectivity index (χ3v) is 4.21.